The number of imidazole rings is 1. The second kappa shape index (κ2) is 7.00. The highest BCUT2D eigenvalue weighted by atomic mass is 32.1. The van der Waals surface area contributed by atoms with Crippen molar-refractivity contribution >= 4 is 28.3 Å². The zero-order valence-electron chi connectivity index (χ0n) is 14.4. The Morgan fingerprint density at radius 1 is 1.17 bits per heavy atom. The molecule has 2 N–H and O–H groups in total. The molecule has 0 aliphatic carbocycles. The molecule has 0 unspecified atom stereocenters. The number of nitrogens with one attached hydrogen (secondary N) is 2. The molecule has 1 aromatic carbocycles. The minimum atomic E-state index is 0.617. The SMILES string of the molecule is CN=C(NCc1sc(C)nc1C)NCc1nc2ccccc2n1C. The van der Waals surface area contributed by atoms with Crippen LogP contribution in [0, 0.1) is 13.8 Å². The van der Waals surface area contributed by atoms with Crippen LogP contribution >= 0.6 is 11.3 Å². The third-order valence-electron chi connectivity index (χ3n) is 3.93. The molecule has 0 saturated heterocycles. The normalized spacial score (nSPS) is 11.9. The summed E-state index contributed by atoms with van der Waals surface area (Å²) < 4.78 is 2.10. The molecule has 2 heterocycles. The highest BCUT2D eigenvalue weighted by molar-refractivity contribution is 7.11. The number of benzene rings is 1. The number of para-hydroxylation sites is 2. The van der Waals surface area contributed by atoms with Crippen LogP contribution in [0.4, 0.5) is 0 Å². The quantitative estimate of drug-likeness (QED) is 0.565. The van der Waals surface area contributed by atoms with Gasteiger partial charge in [-0.15, -0.1) is 11.3 Å². The summed E-state index contributed by atoms with van der Waals surface area (Å²) >= 11 is 1.71. The molecule has 2 aromatic heterocycles. The summed E-state index contributed by atoms with van der Waals surface area (Å²) in [6.07, 6.45) is 0. The molecule has 0 amide bonds. The first-order chi connectivity index (χ1) is 11.6. The lowest BCUT2D eigenvalue weighted by molar-refractivity contribution is 0.737. The maximum Gasteiger partial charge on any atom is 0.191 e. The van der Waals surface area contributed by atoms with Gasteiger partial charge in [0.25, 0.3) is 0 Å². The van der Waals surface area contributed by atoms with Crippen molar-refractivity contribution in [3.05, 3.63) is 45.7 Å². The molecule has 6 nitrogen and oxygen atoms in total. The van der Waals surface area contributed by atoms with E-state index in [9.17, 15) is 0 Å². The first-order valence-electron chi connectivity index (χ1n) is 7.86. The summed E-state index contributed by atoms with van der Waals surface area (Å²) in [4.78, 5) is 14.6. The van der Waals surface area contributed by atoms with E-state index >= 15 is 0 Å². The lowest BCUT2D eigenvalue weighted by Crippen LogP contribution is -2.36. The van der Waals surface area contributed by atoms with Gasteiger partial charge in [0.05, 0.1) is 34.8 Å². The van der Waals surface area contributed by atoms with Gasteiger partial charge in [-0.05, 0) is 26.0 Å². The standard InChI is InChI=1S/C17H22N6S/c1-11-15(24-12(2)21-11)9-19-17(18-3)20-10-16-22-13-7-5-6-8-14(13)23(16)4/h5-8H,9-10H2,1-4H3,(H2,18,19,20). The van der Waals surface area contributed by atoms with Crippen molar-refractivity contribution in [1.29, 1.82) is 0 Å². The molecule has 3 rings (SSSR count). The van der Waals surface area contributed by atoms with Crippen LogP contribution in [0.15, 0.2) is 29.3 Å². The zero-order valence-corrected chi connectivity index (χ0v) is 15.2. The molecule has 0 fully saturated rings. The first kappa shape index (κ1) is 16.4. The van der Waals surface area contributed by atoms with Crippen LogP contribution in [0.1, 0.15) is 21.4 Å². The summed E-state index contributed by atoms with van der Waals surface area (Å²) in [5, 5.41) is 7.75. The van der Waals surface area contributed by atoms with E-state index < -0.39 is 0 Å². The van der Waals surface area contributed by atoms with Gasteiger partial charge in [-0.2, -0.15) is 0 Å². The second-order valence-corrected chi connectivity index (χ2v) is 6.88. The van der Waals surface area contributed by atoms with Gasteiger partial charge in [0.2, 0.25) is 0 Å². The Labute approximate surface area is 145 Å². The lowest BCUT2D eigenvalue weighted by atomic mass is 10.3. The molecule has 3 aromatic rings. The summed E-state index contributed by atoms with van der Waals surface area (Å²) in [6.45, 7) is 5.40. The second-order valence-electron chi connectivity index (χ2n) is 5.60. The monoisotopic (exact) mass is 342 g/mol. The molecule has 0 aliphatic heterocycles. The van der Waals surface area contributed by atoms with Crippen LogP contribution in [0.3, 0.4) is 0 Å². The Bertz CT molecular complexity index is 876. The number of aliphatic imine (C=N–C) groups is 1. The maximum atomic E-state index is 4.66. The maximum absolute atomic E-state index is 4.66. The van der Waals surface area contributed by atoms with Gasteiger partial charge in [0, 0.05) is 19.0 Å². The topological polar surface area (TPSA) is 67.1 Å². The molecule has 0 radical (unpaired) electrons. The molecule has 0 aliphatic rings. The smallest absolute Gasteiger partial charge is 0.191 e. The van der Waals surface area contributed by atoms with Gasteiger partial charge in [-0.1, -0.05) is 12.1 Å². The Morgan fingerprint density at radius 3 is 2.58 bits per heavy atom. The predicted molar refractivity (Wildman–Crippen MR) is 99.3 cm³/mol. The largest absolute Gasteiger partial charge is 0.351 e. The third kappa shape index (κ3) is 3.41. The van der Waals surface area contributed by atoms with E-state index in [2.05, 4.69) is 36.2 Å². The molecule has 126 valence electrons. The Hall–Kier alpha value is -2.41. The average Bonchev–Trinajstić information content (AvgIpc) is 3.07. The van der Waals surface area contributed by atoms with Crippen LogP contribution in [-0.2, 0) is 20.1 Å². The number of hydrogen-bond acceptors (Lipinski definition) is 4. The number of aryl methyl sites for hydroxylation is 3. The van der Waals surface area contributed by atoms with Crippen LogP contribution in [-0.4, -0.2) is 27.5 Å². The van der Waals surface area contributed by atoms with E-state index in [1.165, 1.54) is 4.88 Å². The number of thiazole rings is 1. The fourth-order valence-corrected chi connectivity index (χ4v) is 3.52. The highest BCUT2D eigenvalue weighted by Crippen LogP contribution is 2.16. The van der Waals surface area contributed by atoms with Crippen molar-refractivity contribution in [2.24, 2.45) is 12.0 Å². The Kier molecular flexibility index (Phi) is 4.80. The van der Waals surface area contributed by atoms with Gasteiger partial charge in [0.1, 0.15) is 5.82 Å². The molecule has 0 saturated carbocycles. The van der Waals surface area contributed by atoms with Gasteiger partial charge in [-0.25, -0.2) is 9.97 Å². The minimum Gasteiger partial charge on any atom is -0.351 e. The summed E-state index contributed by atoms with van der Waals surface area (Å²) in [6, 6.07) is 8.14. The minimum absolute atomic E-state index is 0.617. The Morgan fingerprint density at radius 2 is 1.92 bits per heavy atom. The van der Waals surface area contributed by atoms with E-state index in [0.29, 0.717) is 6.54 Å². The number of aromatic nitrogens is 3. The van der Waals surface area contributed by atoms with Crippen LogP contribution in [0.25, 0.3) is 11.0 Å². The van der Waals surface area contributed by atoms with E-state index in [1.54, 1.807) is 18.4 Å². The van der Waals surface area contributed by atoms with E-state index in [-0.39, 0.29) is 0 Å². The molecule has 0 bridgehead atoms. The average molecular weight is 342 g/mol. The van der Waals surface area contributed by atoms with Crippen molar-refractivity contribution in [3.63, 3.8) is 0 Å². The van der Waals surface area contributed by atoms with Gasteiger partial charge in [-0.3, -0.25) is 4.99 Å². The van der Waals surface area contributed by atoms with E-state index in [4.69, 9.17) is 0 Å². The molecular formula is C17H22N6S. The third-order valence-corrected chi connectivity index (χ3v) is 5.01. The zero-order chi connectivity index (χ0) is 17.1. The van der Waals surface area contributed by atoms with E-state index in [0.717, 1.165) is 40.1 Å². The van der Waals surface area contributed by atoms with Crippen LogP contribution < -0.4 is 10.6 Å². The van der Waals surface area contributed by atoms with Crippen molar-refractivity contribution < 1.29 is 0 Å². The Balaban J connectivity index is 1.63. The fourth-order valence-electron chi connectivity index (χ4n) is 2.64. The highest BCUT2D eigenvalue weighted by Gasteiger charge is 2.09. The number of fused-ring (bicyclic) bond motifs is 1. The van der Waals surface area contributed by atoms with Crippen molar-refractivity contribution in [3.8, 4) is 0 Å². The number of nitrogens with zero attached hydrogens (tertiary/aromatic N) is 4. The molecule has 0 spiro atoms. The lowest BCUT2D eigenvalue weighted by Gasteiger charge is -2.11. The predicted octanol–water partition coefficient (Wildman–Crippen LogP) is 2.51. The summed E-state index contributed by atoms with van der Waals surface area (Å²) in [5.74, 6) is 1.73. The van der Waals surface area contributed by atoms with Gasteiger partial charge < -0.3 is 15.2 Å². The summed E-state index contributed by atoms with van der Waals surface area (Å²) in [7, 11) is 3.81. The molecule has 24 heavy (non-hydrogen) atoms. The molecule has 0 atom stereocenters. The molecular weight excluding hydrogens is 320 g/mol. The van der Waals surface area contributed by atoms with Crippen molar-refractivity contribution in [2.75, 3.05) is 7.05 Å². The van der Waals surface area contributed by atoms with Gasteiger partial charge >= 0.3 is 0 Å². The molecule has 7 heteroatoms. The van der Waals surface area contributed by atoms with Crippen molar-refractivity contribution in [1.82, 2.24) is 25.2 Å². The fraction of sp³-hybridized carbons (Fsp3) is 0.353. The first-order valence-corrected chi connectivity index (χ1v) is 8.68. The van der Waals surface area contributed by atoms with E-state index in [1.807, 2.05) is 39.1 Å². The number of guanidine groups is 1. The van der Waals surface area contributed by atoms with Crippen molar-refractivity contribution in [2.45, 2.75) is 26.9 Å². The number of hydrogen-bond donors (Lipinski definition) is 2. The van der Waals surface area contributed by atoms with Crippen LogP contribution in [0.5, 0.6) is 0 Å². The number of rotatable bonds is 4. The van der Waals surface area contributed by atoms with Crippen LogP contribution in [0.2, 0.25) is 0 Å². The van der Waals surface area contributed by atoms with Gasteiger partial charge in [0.15, 0.2) is 5.96 Å². The summed E-state index contributed by atoms with van der Waals surface area (Å²) in [5.41, 5.74) is 3.22.